The summed E-state index contributed by atoms with van der Waals surface area (Å²) in [5.74, 6) is 0.946. The topological polar surface area (TPSA) is 77.2 Å². The number of carbonyl (C=O) groups excluding carboxylic acids is 1. The highest BCUT2D eigenvalue weighted by molar-refractivity contribution is 5.99. The number of benzene rings is 1. The van der Waals surface area contributed by atoms with Crippen molar-refractivity contribution in [2.45, 2.75) is 38.0 Å². The standard InChI is InChI=1S/C24H27N3O2/c1-14-12-19(29-4)20(17-9-7-16(8-10-17)15(2)13-25)24(3)21(14)27-23(28)18-6-5-11-26-22(18)24/h5-12,15,20H,13,25H2,1-4H3,(H,27,28). The Kier molecular flexibility index (Phi) is 4.79. The van der Waals surface area contributed by atoms with Crippen LogP contribution in [0.5, 0.6) is 0 Å². The van der Waals surface area contributed by atoms with Crippen LogP contribution in [0.3, 0.4) is 0 Å². The molecule has 2 heterocycles. The van der Waals surface area contributed by atoms with E-state index in [0.717, 1.165) is 28.3 Å². The van der Waals surface area contributed by atoms with Gasteiger partial charge in [-0.05, 0) is 61.2 Å². The number of pyridine rings is 1. The van der Waals surface area contributed by atoms with E-state index in [-0.39, 0.29) is 11.8 Å². The molecule has 1 amide bonds. The molecule has 3 N–H and O–H groups in total. The molecule has 150 valence electrons. The number of nitrogens with one attached hydrogen (secondary N) is 1. The molecule has 0 saturated heterocycles. The van der Waals surface area contributed by atoms with Gasteiger partial charge in [0.15, 0.2) is 0 Å². The average Bonchev–Trinajstić information content (AvgIpc) is 2.75. The average molecular weight is 389 g/mol. The zero-order valence-corrected chi connectivity index (χ0v) is 17.3. The van der Waals surface area contributed by atoms with Crippen LogP contribution in [0, 0.1) is 0 Å². The lowest BCUT2D eigenvalue weighted by molar-refractivity contribution is 0.0938. The molecule has 0 saturated carbocycles. The van der Waals surface area contributed by atoms with E-state index in [2.05, 4.69) is 48.4 Å². The predicted octanol–water partition coefficient (Wildman–Crippen LogP) is 3.75. The molecular weight excluding hydrogens is 362 g/mol. The fraction of sp³-hybridized carbons (Fsp3) is 0.333. The third-order valence-corrected chi connectivity index (χ3v) is 6.35. The summed E-state index contributed by atoms with van der Waals surface area (Å²) in [4.78, 5) is 17.4. The number of allylic oxidation sites excluding steroid dienone is 4. The van der Waals surface area contributed by atoms with E-state index >= 15 is 0 Å². The van der Waals surface area contributed by atoms with Gasteiger partial charge >= 0.3 is 0 Å². The minimum Gasteiger partial charge on any atom is -0.500 e. The molecule has 0 spiro atoms. The second-order valence-corrected chi connectivity index (χ2v) is 8.10. The number of aromatic nitrogens is 1. The van der Waals surface area contributed by atoms with Gasteiger partial charge in [0, 0.05) is 11.9 Å². The van der Waals surface area contributed by atoms with E-state index in [9.17, 15) is 4.79 Å². The van der Waals surface area contributed by atoms with E-state index in [0.29, 0.717) is 18.0 Å². The molecule has 1 aromatic carbocycles. The Labute approximate surface area is 171 Å². The summed E-state index contributed by atoms with van der Waals surface area (Å²) >= 11 is 0. The first-order chi connectivity index (χ1) is 13.9. The largest absolute Gasteiger partial charge is 0.500 e. The number of rotatable bonds is 4. The SMILES string of the molecule is COC1=CC(C)=C2NC(=O)c3cccnc3C2(C)C1c1ccc(C(C)CN)cc1. The highest BCUT2D eigenvalue weighted by Crippen LogP contribution is 2.53. The predicted molar refractivity (Wildman–Crippen MR) is 113 cm³/mol. The van der Waals surface area contributed by atoms with Gasteiger partial charge in [-0.3, -0.25) is 9.78 Å². The van der Waals surface area contributed by atoms with E-state index in [1.165, 1.54) is 5.56 Å². The molecule has 0 bridgehead atoms. The summed E-state index contributed by atoms with van der Waals surface area (Å²) in [6.07, 6.45) is 3.77. The van der Waals surface area contributed by atoms with Crippen molar-refractivity contribution in [3.8, 4) is 0 Å². The van der Waals surface area contributed by atoms with Crippen molar-refractivity contribution in [3.05, 3.63) is 88.1 Å². The maximum absolute atomic E-state index is 12.7. The number of carbonyl (C=O) groups is 1. The van der Waals surface area contributed by atoms with Crippen LogP contribution < -0.4 is 11.1 Å². The number of hydrogen-bond donors (Lipinski definition) is 2. The Morgan fingerprint density at radius 2 is 2.00 bits per heavy atom. The van der Waals surface area contributed by atoms with E-state index in [1.807, 2.05) is 19.1 Å². The molecule has 0 fully saturated rings. The molecule has 1 aliphatic carbocycles. The third kappa shape index (κ3) is 2.88. The van der Waals surface area contributed by atoms with E-state index in [1.54, 1.807) is 19.4 Å². The molecule has 3 atom stereocenters. The first-order valence-corrected chi connectivity index (χ1v) is 9.95. The first kappa shape index (κ1) is 19.4. The van der Waals surface area contributed by atoms with Crippen molar-refractivity contribution in [1.82, 2.24) is 10.3 Å². The molecule has 1 aliphatic heterocycles. The van der Waals surface area contributed by atoms with Crippen molar-refractivity contribution in [2.24, 2.45) is 5.73 Å². The molecular formula is C24H27N3O2. The lowest BCUT2D eigenvalue weighted by Gasteiger charge is -2.46. The van der Waals surface area contributed by atoms with Crippen LogP contribution in [0.4, 0.5) is 0 Å². The minimum absolute atomic E-state index is 0.109. The van der Waals surface area contributed by atoms with Crippen LogP contribution in [-0.4, -0.2) is 24.5 Å². The van der Waals surface area contributed by atoms with Gasteiger partial charge in [0.1, 0.15) is 5.76 Å². The van der Waals surface area contributed by atoms with Crippen LogP contribution in [0.15, 0.2) is 65.7 Å². The zero-order valence-electron chi connectivity index (χ0n) is 17.3. The Morgan fingerprint density at radius 1 is 1.28 bits per heavy atom. The normalized spacial score (nSPS) is 24.2. The Bertz CT molecular complexity index is 1020. The summed E-state index contributed by atoms with van der Waals surface area (Å²) in [5, 5.41) is 3.13. The number of nitrogens with zero attached hydrogens (tertiary/aromatic N) is 1. The molecule has 3 unspecified atom stereocenters. The number of ether oxygens (including phenoxy) is 1. The van der Waals surface area contributed by atoms with Gasteiger partial charge < -0.3 is 15.8 Å². The number of hydrogen-bond acceptors (Lipinski definition) is 4. The van der Waals surface area contributed by atoms with Gasteiger partial charge in [0.2, 0.25) is 0 Å². The van der Waals surface area contributed by atoms with Gasteiger partial charge in [-0.2, -0.15) is 0 Å². The summed E-state index contributed by atoms with van der Waals surface area (Å²) in [6.45, 7) is 6.88. The van der Waals surface area contributed by atoms with Crippen LogP contribution in [0.1, 0.15) is 59.8 Å². The van der Waals surface area contributed by atoms with Gasteiger partial charge in [0.25, 0.3) is 5.91 Å². The highest BCUT2D eigenvalue weighted by atomic mass is 16.5. The fourth-order valence-electron chi connectivity index (χ4n) is 4.70. The molecule has 5 heteroatoms. The van der Waals surface area contributed by atoms with Crippen molar-refractivity contribution >= 4 is 5.91 Å². The number of methoxy groups -OCH3 is 1. The Balaban J connectivity index is 1.92. The lowest BCUT2D eigenvalue weighted by Crippen LogP contribution is -2.49. The third-order valence-electron chi connectivity index (χ3n) is 6.35. The molecule has 5 nitrogen and oxygen atoms in total. The second kappa shape index (κ2) is 7.16. The first-order valence-electron chi connectivity index (χ1n) is 9.95. The van der Waals surface area contributed by atoms with Crippen molar-refractivity contribution in [3.63, 3.8) is 0 Å². The Hall–Kier alpha value is -2.92. The summed E-state index contributed by atoms with van der Waals surface area (Å²) < 4.78 is 5.85. The molecule has 2 aliphatic rings. The van der Waals surface area contributed by atoms with Gasteiger partial charge in [-0.25, -0.2) is 0 Å². The highest BCUT2D eigenvalue weighted by Gasteiger charge is 2.51. The molecule has 2 aromatic rings. The van der Waals surface area contributed by atoms with Crippen molar-refractivity contribution < 1.29 is 9.53 Å². The summed E-state index contributed by atoms with van der Waals surface area (Å²) in [5.41, 5.74) is 10.9. The van der Waals surface area contributed by atoms with Crippen LogP contribution in [0.2, 0.25) is 0 Å². The maximum atomic E-state index is 12.7. The fourth-order valence-corrected chi connectivity index (χ4v) is 4.70. The Morgan fingerprint density at radius 3 is 2.66 bits per heavy atom. The molecule has 29 heavy (non-hydrogen) atoms. The van der Waals surface area contributed by atoms with Crippen LogP contribution in [-0.2, 0) is 10.2 Å². The van der Waals surface area contributed by atoms with Crippen LogP contribution in [0.25, 0.3) is 0 Å². The zero-order chi connectivity index (χ0) is 20.8. The minimum atomic E-state index is -0.546. The smallest absolute Gasteiger partial charge is 0.257 e. The summed E-state index contributed by atoms with van der Waals surface area (Å²) in [7, 11) is 1.70. The summed E-state index contributed by atoms with van der Waals surface area (Å²) in [6, 6.07) is 12.2. The van der Waals surface area contributed by atoms with E-state index < -0.39 is 5.41 Å². The number of nitrogens with two attached hydrogens (primary N) is 1. The molecule has 0 radical (unpaired) electrons. The van der Waals surface area contributed by atoms with Crippen molar-refractivity contribution in [1.29, 1.82) is 0 Å². The van der Waals surface area contributed by atoms with Gasteiger partial charge in [-0.15, -0.1) is 0 Å². The monoisotopic (exact) mass is 389 g/mol. The van der Waals surface area contributed by atoms with Crippen molar-refractivity contribution in [2.75, 3.05) is 13.7 Å². The second-order valence-electron chi connectivity index (χ2n) is 8.10. The lowest BCUT2D eigenvalue weighted by atomic mass is 9.62. The quantitative estimate of drug-likeness (QED) is 0.835. The maximum Gasteiger partial charge on any atom is 0.257 e. The number of amides is 1. The molecule has 1 aromatic heterocycles. The van der Waals surface area contributed by atoms with Gasteiger partial charge in [0.05, 0.1) is 29.7 Å². The van der Waals surface area contributed by atoms with E-state index in [4.69, 9.17) is 10.5 Å². The van der Waals surface area contributed by atoms with Gasteiger partial charge in [-0.1, -0.05) is 31.2 Å². The van der Waals surface area contributed by atoms with Crippen LogP contribution >= 0.6 is 0 Å². The number of fused-ring (bicyclic) bond motifs is 3. The molecule has 4 rings (SSSR count).